The molecule has 0 heterocycles. The third-order valence-corrected chi connectivity index (χ3v) is 10.9. The Morgan fingerprint density at radius 3 is 0.640 bits per heavy atom. The van der Waals surface area contributed by atoms with Crippen LogP contribution < -0.4 is 0 Å². The minimum absolute atomic E-state index is 0.0489. The molecule has 8 heteroatoms. The van der Waals surface area contributed by atoms with Crippen molar-refractivity contribution in [1.29, 1.82) is 0 Å². The number of rotatable bonds is 39. The Bertz CT molecular complexity index is 726. The Kier molecular flexibility index (Phi) is 36.4. The van der Waals surface area contributed by atoms with Crippen molar-refractivity contribution in [2.24, 2.45) is 0 Å². The third-order valence-electron chi connectivity index (χ3n) is 9.59. The van der Waals surface area contributed by atoms with Crippen LogP contribution >= 0.6 is 7.82 Å². The summed E-state index contributed by atoms with van der Waals surface area (Å²) in [7, 11) is -4.68. The Morgan fingerprint density at radius 2 is 0.460 bits per heavy atom. The zero-order chi connectivity index (χ0) is 36.8. The molecule has 0 amide bonds. The van der Waals surface area contributed by atoms with Crippen molar-refractivity contribution in [3.8, 4) is 0 Å². The van der Waals surface area contributed by atoms with E-state index in [9.17, 15) is 18.9 Å². The van der Waals surface area contributed by atoms with Gasteiger partial charge in [-0.3, -0.25) is 14.4 Å². The van der Waals surface area contributed by atoms with Crippen LogP contribution in [0.2, 0.25) is 0 Å². The fourth-order valence-electron chi connectivity index (χ4n) is 6.37. The molecule has 0 aliphatic heterocycles. The lowest BCUT2D eigenvalue weighted by molar-refractivity contribution is -0.144. The molecule has 7 nitrogen and oxygen atoms in total. The van der Waals surface area contributed by atoms with E-state index in [1.165, 1.54) is 135 Å². The maximum absolute atomic E-state index is 13.4. The van der Waals surface area contributed by atoms with Crippen LogP contribution in [0.5, 0.6) is 0 Å². The first-order chi connectivity index (χ1) is 24.4. The van der Waals surface area contributed by atoms with E-state index in [-0.39, 0.29) is 19.3 Å². The van der Waals surface area contributed by atoms with Crippen LogP contribution in [0.4, 0.5) is 0 Å². The highest BCUT2D eigenvalue weighted by atomic mass is 31.2. The second-order valence-electron chi connectivity index (χ2n) is 14.7. The molecule has 0 N–H and O–H groups in total. The van der Waals surface area contributed by atoms with Crippen molar-refractivity contribution in [2.45, 2.75) is 252 Å². The van der Waals surface area contributed by atoms with E-state index in [1.54, 1.807) is 0 Å². The first kappa shape index (κ1) is 48.6. The van der Waals surface area contributed by atoms with Crippen molar-refractivity contribution in [2.75, 3.05) is 0 Å². The number of hydrogen-bond acceptors (Lipinski definition) is 7. The average molecular weight is 729 g/mol. The van der Waals surface area contributed by atoms with E-state index in [4.69, 9.17) is 13.6 Å². The SMILES string of the molecule is CCCCCCCCCCCCCC(=O)OP(=O)(OC(=O)CCCCCCCCCCCCC)OC(=O)CCCCCCCCCCCCC. The van der Waals surface area contributed by atoms with E-state index < -0.39 is 25.7 Å². The molecule has 0 saturated heterocycles. The lowest BCUT2D eigenvalue weighted by atomic mass is 10.1. The minimum atomic E-state index is -4.68. The van der Waals surface area contributed by atoms with Gasteiger partial charge in [-0.25, -0.2) is 0 Å². The highest BCUT2D eigenvalue weighted by Crippen LogP contribution is 2.51. The predicted octanol–water partition coefficient (Wildman–Crippen LogP) is 14.8. The normalized spacial score (nSPS) is 11.5. The van der Waals surface area contributed by atoms with Gasteiger partial charge in [0.1, 0.15) is 0 Å². The van der Waals surface area contributed by atoms with Gasteiger partial charge in [-0.15, -0.1) is 0 Å². The molecule has 0 aliphatic carbocycles. The summed E-state index contributed by atoms with van der Waals surface area (Å²) >= 11 is 0. The zero-order valence-electron chi connectivity index (χ0n) is 33.3. The van der Waals surface area contributed by atoms with Crippen molar-refractivity contribution >= 4 is 25.7 Å². The van der Waals surface area contributed by atoms with Crippen molar-refractivity contribution in [1.82, 2.24) is 0 Å². The molecule has 0 bridgehead atoms. The van der Waals surface area contributed by atoms with Gasteiger partial charge in [0.15, 0.2) is 0 Å². The maximum Gasteiger partial charge on any atom is 0.653 e. The second kappa shape index (κ2) is 37.4. The molecule has 0 aromatic carbocycles. The lowest BCUT2D eigenvalue weighted by Gasteiger charge is -2.16. The highest BCUT2D eigenvalue weighted by molar-refractivity contribution is 7.50. The summed E-state index contributed by atoms with van der Waals surface area (Å²) in [6, 6.07) is 0. The molecule has 0 fully saturated rings. The summed E-state index contributed by atoms with van der Waals surface area (Å²) in [5, 5.41) is 0. The van der Waals surface area contributed by atoms with E-state index in [0.29, 0.717) is 19.3 Å². The third kappa shape index (κ3) is 35.1. The summed E-state index contributed by atoms with van der Waals surface area (Å²) in [5.41, 5.74) is 0. The van der Waals surface area contributed by atoms with Crippen LogP contribution in [0, 0.1) is 0 Å². The summed E-state index contributed by atoms with van der Waals surface area (Å²) in [6.45, 7) is 6.69. The number of carbonyl (C=O) groups excluding carboxylic acids is 3. The average Bonchev–Trinajstić information content (AvgIpc) is 3.08. The molecule has 50 heavy (non-hydrogen) atoms. The Hall–Kier alpha value is -1.36. The van der Waals surface area contributed by atoms with Crippen molar-refractivity contribution in [3.05, 3.63) is 0 Å². The van der Waals surface area contributed by atoms with E-state index in [2.05, 4.69) is 20.8 Å². The van der Waals surface area contributed by atoms with E-state index in [1.807, 2.05) is 0 Å². The molecule has 0 saturated carbocycles. The molecular weight excluding hydrogens is 647 g/mol. The first-order valence-electron chi connectivity index (χ1n) is 21.6. The largest absolute Gasteiger partial charge is 0.653 e. The summed E-state index contributed by atoms with van der Waals surface area (Å²) in [6.07, 6.45) is 37.9. The van der Waals surface area contributed by atoms with Crippen LogP contribution in [0.3, 0.4) is 0 Å². The molecule has 0 atom stereocenters. The lowest BCUT2D eigenvalue weighted by Crippen LogP contribution is -2.14. The number of phosphoric ester groups is 1. The van der Waals surface area contributed by atoms with Gasteiger partial charge in [0, 0.05) is 19.3 Å². The van der Waals surface area contributed by atoms with Gasteiger partial charge < -0.3 is 13.6 Å². The van der Waals surface area contributed by atoms with Gasteiger partial charge in [0.2, 0.25) is 0 Å². The van der Waals surface area contributed by atoms with E-state index in [0.717, 1.165) is 57.8 Å². The topological polar surface area (TPSA) is 96.0 Å². The molecule has 296 valence electrons. The van der Waals surface area contributed by atoms with Crippen LogP contribution in [0.1, 0.15) is 252 Å². The fourth-order valence-corrected chi connectivity index (χ4v) is 7.50. The standard InChI is InChI=1S/C42H81O7P/c1-4-7-10-13-16-19-22-25-28-31-34-37-40(43)47-50(46,48-41(44)38-35-32-29-26-23-20-17-14-11-8-5-2)49-42(45)39-36-33-30-27-24-21-18-15-12-9-6-3/h4-39H2,1-3H3. The molecular formula is C42H81O7P. The van der Waals surface area contributed by atoms with Gasteiger partial charge in [-0.2, -0.15) is 4.57 Å². The monoisotopic (exact) mass is 729 g/mol. The van der Waals surface area contributed by atoms with Gasteiger partial charge in [-0.05, 0) is 19.3 Å². The van der Waals surface area contributed by atoms with Gasteiger partial charge in [0.05, 0.1) is 0 Å². The molecule has 0 spiro atoms. The van der Waals surface area contributed by atoms with Crippen LogP contribution in [0.25, 0.3) is 0 Å². The van der Waals surface area contributed by atoms with E-state index >= 15 is 0 Å². The quantitative estimate of drug-likeness (QED) is 0.0459. The summed E-state index contributed by atoms with van der Waals surface area (Å²) in [5.74, 6) is -2.27. The molecule has 0 aliphatic rings. The number of carbonyl (C=O) groups is 3. The molecule has 0 radical (unpaired) electrons. The maximum atomic E-state index is 13.4. The fraction of sp³-hybridized carbons (Fsp3) is 0.929. The molecule has 0 unspecified atom stereocenters. The number of phosphoric acid groups is 1. The molecule has 0 aromatic rings. The van der Waals surface area contributed by atoms with Crippen LogP contribution in [-0.4, -0.2) is 17.9 Å². The molecule has 0 aromatic heterocycles. The van der Waals surface area contributed by atoms with Gasteiger partial charge in [-0.1, -0.05) is 213 Å². The second-order valence-corrected chi connectivity index (χ2v) is 16.1. The Morgan fingerprint density at radius 1 is 0.300 bits per heavy atom. The van der Waals surface area contributed by atoms with Crippen LogP contribution in [-0.2, 0) is 32.5 Å². The number of hydrogen-bond donors (Lipinski definition) is 0. The smallest absolute Gasteiger partial charge is 0.352 e. The molecule has 0 rings (SSSR count). The minimum Gasteiger partial charge on any atom is -0.352 e. The first-order valence-corrected chi connectivity index (χ1v) is 23.1. The van der Waals surface area contributed by atoms with Gasteiger partial charge >= 0.3 is 25.7 Å². The Balaban J connectivity index is 4.52. The van der Waals surface area contributed by atoms with Crippen molar-refractivity contribution in [3.63, 3.8) is 0 Å². The summed E-state index contributed by atoms with van der Waals surface area (Å²) in [4.78, 5) is 37.9. The number of unbranched alkanes of at least 4 members (excludes halogenated alkanes) is 30. The highest BCUT2D eigenvalue weighted by Gasteiger charge is 2.38. The predicted molar refractivity (Wildman–Crippen MR) is 209 cm³/mol. The van der Waals surface area contributed by atoms with Crippen LogP contribution in [0.15, 0.2) is 0 Å². The zero-order valence-corrected chi connectivity index (χ0v) is 34.2. The Labute approximate surface area is 309 Å². The van der Waals surface area contributed by atoms with Crippen molar-refractivity contribution < 1.29 is 32.5 Å². The summed E-state index contributed by atoms with van der Waals surface area (Å²) < 4.78 is 28.8. The van der Waals surface area contributed by atoms with Gasteiger partial charge in [0.25, 0.3) is 0 Å².